The van der Waals surface area contributed by atoms with Gasteiger partial charge in [-0.3, -0.25) is 0 Å². The van der Waals surface area contributed by atoms with Crippen LogP contribution in [0, 0.1) is 11.8 Å². The highest BCUT2D eigenvalue weighted by Gasteiger charge is 2.04. The smallest absolute Gasteiger partial charge is 0.135 e. The Labute approximate surface area is 114 Å². The highest BCUT2D eigenvalue weighted by Crippen LogP contribution is 2.23. The molecule has 0 atom stereocenters. The number of ether oxygens (including phenoxy) is 3. The van der Waals surface area contributed by atoms with Crippen LogP contribution in [-0.4, -0.2) is 33.0 Å². The summed E-state index contributed by atoms with van der Waals surface area (Å²) in [5.41, 5.74) is 6.16. The Bertz CT molecular complexity index is 446. The molecule has 1 aromatic carbocycles. The largest absolute Gasteiger partial charge is 0.497 e. The molecule has 0 unspecified atom stereocenters. The summed E-state index contributed by atoms with van der Waals surface area (Å²) in [5.74, 6) is 7.25. The van der Waals surface area contributed by atoms with E-state index in [-0.39, 0.29) is 6.10 Å². The molecule has 0 amide bonds. The Morgan fingerprint density at radius 3 is 2.68 bits per heavy atom. The lowest BCUT2D eigenvalue weighted by molar-refractivity contribution is 0.0552. The van der Waals surface area contributed by atoms with E-state index in [1.807, 2.05) is 32.0 Å². The predicted molar refractivity (Wildman–Crippen MR) is 75.5 cm³/mol. The summed E-state index contributed by atoms with van der Waals surface area (Å²) in [5, 5.41) is 0. The molecule has 0 saturated carbocycles. The molecule has 0 heterocycles. The zero-order valence-electron chi connectivity index (χ0n) is 11.7. The summed E-state index contributed by atoms with van der Waals surface area (Å²) in [6.07, 6.45) is 0.205. The molecular formula is C15H21NO3. The monoisotopic (exact) mass is 263 g/mol. The van der Waals surface area contributed by atoms with Gasteiger partial charge in [-0.1, -0.05) is 11.8 Å². The van der Waals surface area contributed by atoms with Gasteiger partial charge in [0.2, 0.25) is 0 Å². The lowest BCUT2D eigenvalue weighted by atomic mass is 10.2. The third kappa shape index (κ3) is 5.64. The molecule has 104 valence electrons. The predicted octanol–water partition coefficient (Wildman–Crippen LogP) is 1.81. The van der Waals surface area contributed by atoms with Crippen LogP contribution in [0.1, 0.15) is 19.4 Å². The van der Waals surface area contributed by atoms with Crippen molar-refractivity contribution in [2.45, 2.75) is 20.0 Å². The van der Waals surface area contributed by atoms with Crippen molar-refractivity contribution < 1.29 is 14.2 Å². The van der Waals surface area contributed by atoms with E-state index in [0.717, 1.165) is 11.3 Å². The van der Waals surface area contributed by atoms with Gasteiger partial charge in [0, 0.05) is 0 Å². The fraction of sp³-hybridized carbons (Fsp3) is 0.467. The summed E-state index contributed by atoms with van der Waals surface area (Å²) in [7, 11) is 1.62. The lowest BCUT2D eigenvalue weighted by Gasteiger charge is -2.11. The van der Waals surface area contributed by atoms with Gasteiger partial charge in [0.1, 0.15) is 18.1 Å². The van der Waals surface area contributed by atoms with E-state index in [2.05, 4.69) is 11.8 Å². The molecule has 0 fully saturated rings. The molecule has 0 spiro atoms. The summed E-state index contributed by atoms with van der Waals surface area (Å²) in [6.45, 7) is 5.33. The van der Waals surface area contributed by atoms with Crippen molar-refractivity contribution in [1.82, 2.24) is 0 Å². The summed E-state index contributed by atoms with van der Waals surface area (Å²) in [4.78, 5) is 0. The lowest BCUT2D eigenvalue weighted by Crippen LogP contribution is -2.11. The zero-order chi connectivity index (χ0) is 14.1. The average molecular weight is 263 g/mol. The third-order valence-electron chi connectivity index (χ3n) is 2.30. The third-order valence-corrected chi connectivity index (χ3v) is 2.30. The second-order valence-corrected chi connectivity index (χ2v) is 4.14. The fourth-order valence-corrected chi connectivity index (χ4v) is 1.44. The molecule has 19 heavy (non-hydrogen) atoms. The SMILES string of the molecule is COc1ccc(OCCOC(C)C)c(C#CCN)c1. The summed E-state index contributed by atoms with van der Waals surface area (Å²) >= 11 is 0. The normalized spacial score (nSPS) is 9.95. The average Bonchev–Trinajstić information content (AvgIpc) is 2.41. The van der Waals surface area contributed by atoms with Crippen LogP contribution in [0.5, 0.6) is 11.5 Å². The first kappa shape index (κ1) is 15.4. The first-order valence-corrected chi connectivity index (χ1v) is 6.28. The molecule has 0 aromatic heterocycles. The molecule has 0 aliphatic carbocycles. The first-order valence-electron chi connectivity index (χ1n) is 6.28. The van der Waals surface area contributed by atoms with Gasteiger partial charge in [0.25, 0.3) is 0 Å². The number of hydrogen-bond acceptors (Lipinski definition) is 4. The first-order chi connectivity index (χ1) is 9.17. The van der Waals surface area contributed by atoms with Crippen molar-refractivity contribution in [3.05, 3.63) is 23.8 Å². The molecule has 4 nitrogen and oxygen atoms in total. The van der Waals surface area contributed by atoms with Gasteiger partial charge in [-0.15, -0.1) is 0 Å². The maximum Gasteiger partial charge on any atom is 0.135 e. The van der Waals surface area contributed by atoms with E-state index in [4.69, 9.17) is 19.9 Å². The van der Waals surface area contributed by atoms with Crippen LogP contribution in [0.4, 0.5) is 0 Å². The molecule has 1 rings (SSSR count). The minimum atomic E-state index is 0.205. The van der Waals surface area contributed by atoms with Crippen molar-refractivity contribution >= 4 is 0 Å². The highest BCUT2D eigenvalue weighted by atomic mass is 16.5. The Morgan fingerprint density at radius 1 is 1.26 bits per heavy atom. The van der Waals surface area contributed by atoms with Gasteiger partial charge in [-0.2, -0.15) is 0 Å². The highest BCUT2D eigenvalue weighted by molar-refractivity contribution is 5.50. The zero-order valence-corrected chi connectivity index (χ0v) is 11.7. The Balaban J connectivity index is 2.70. The van der Waals surface area contributed by atoms with E-state index in [9.17, 15) is 0 Å². The van der Waals surface area contributed by atoms with E-state index < -0.39 is 0 Å². The van der Waals surface area contributed by atoms with Gasteiger partial charge < -0.3 is 19.9 Å². The van der Waals surface area contributed by atoms with Crippen molar-refractivity contribution in [3.8, 4) is 23.3 Å². The van der Waals surface area contributed by atoms with E-state index in [1.165, 1.54) is 0 Å². The second-order valence-electron chi connectivity index (χ2n) is 4.14. The van der Waals surface area contributed by atoms with Crippen LogP contribution < -0.4 is 15.2 Å². The van der Waals surface area contributed by atoms with Crippen LogP contribution in [0.25, 0.3) is 0 Å². The van der Waals surface area contributed by atoms with E-state index >= 15 is 0 Å². The molecule has 4 heteroatoms. The topological polar surface area (TPSA) is 53.7 Å². The van der Waals surface area contributed by atoms with Crippen LogP contribution in [-0.2, 0) is 4.74 Å². The van der Waals surface area contributed by atoms with Crippen LogP contribution in [0.2, 0.25) is 0 Å². The molecule has 0 aliphatic heterocycles. The molecule has 0 aliphatic rings. The van der Waals surface area contributed by atoms with Crippen molar-refractivity contribution in [2.24, 2.45) is 5.73 Å². The van der Waals surface area contributed by atoms with Gasteiger partial charge in [0.05, 0.1) is 31.9 Å². The van der Waals surface area contributed by atoms with Crippen LogP contribution in [0.15, 0.2) is 18.2 Å². The summed E-state index contributed by atoms with van der Waals surface area (Å²) < 4.78 is 16.3. The minimum absolute atomic E-state index is 0.205. The van der Waals surface area contributed by atoms with Crippen molar-refractivity contribution in [3.63, 3.8) is 0 Å². The van der Waals surface area contributed by atoms with Crippen molar-refractivity contribution in [1.29, 1.82) is 0 Å². The number of nitrogens with two attached hydrogens (primary N) is 1. The molecule has 0 radical (unpaired) electrons. The number of benzene rings is 1. The number of methoxy groups -OCH3 is 1. The van der Waals surface area contributed by atoms with Gasteiger partial charge >= 0.3 is 0 Å². The Hall–Kier alpha value is -1.70. The van der Waals surface area contributed by atoms with Gasteiger partial charge in [-0.05, 0) is 32.0 Å². The standard InChI is InChI=1S/C15H21NO3/c1-12(2)18-9-10-19-15-7-6-14(17-3)11-13(15)5-4-8-16/h6-7,11-12H,8-10,16H2,1-3H3. The molecule has 0 saturated heterocycles. The summed E-state index contributed by atoms with van der Waals surface area (Å²) in [6, 6.07) is 5.52. The Morgan fingerprint density at radius 2 is 2.05 bits per heavy atom. The molecule has 2 N–H and O–H groups in total. The van der Waals surface area contributed by atoms with Crippen molar-refractivity contribution in [2.75, 3.05) is 26.9 Å². The van der Waals surface area contributed by atoms with E-state index in [1.54, 1.807) is 7.11 Å². The van der Waals surface area contributed by atoms with Gasteiger partial charge in [0.15, 0.2) is 0 Å². The number of rotatable bonds is 6. The minimum Gasteiger partial charge on any atom is -0.497 e. The second kappa shape index (κ2) is 8.41. The fourth-order valence-electron chi connectivity index (χ4n) is 1.44. The molecule has 1 aromatic rings. The van der Waals surface area contributed by atoms with E-state index in [0.29, 0.717) is 25.5 Å². The molecular weight excluding hydrogens is 242 g/mol. The Kier molecular flexibility index (Phi) is 6.80. The van der Waals surface area contributed by atoms with Crippen LogP contribution in [0.3, 0.4) is 0 Å². The van der Waals surface area contributed by atoms with Gasteiger partial charge in [-0.25, -0.2) is 0 Å². The molecule has 0 bridgehead atoms. The number of hydrogen-bond donors (Lipinski definition) is 1. The maximum absolute atomic E-state index is 5.66. The van der Waals surface area contributed by atoms with Crippen LogP contribution >= 0.6 is 0 Å². The quantitative estimate of drug-likeness (QED) is 0.628. The maximum atomic E-state index is 5.66.